The maximum Gasteiger partial charge on any atom is 0.257 e. The van der Waals surface area contributed by atoms with E-state index in [1.807, 2.05) is 12.1 Å². The molecular weight excluding hydrogens is 525 g/mol. The molecule has 2 N–H and O–H groups in total. The molecular formula is C26H26FN7O4S. The van der Waals surface area contributed by atoms with E-state index in [2.05, 4.69) is 31.7 Å². The van der Waals surface area contributed by atoms with E-state index in [0.29, 0.717) is 37.2 Å². The summed E-state index contributed by atoms with van der Waals surface area (Å²) in [5, 5.41) is 19.5. The van der Waals surface area contributed by atoms with Crippen molar-refractivity contribution in [3.05, 3.63) is 58.4 Å². The number of nitriles is 1. The lowest BCUT2D eigenvalue weighted by Gasteiger charge is -2.42. The van der Waals surface area contributed by atoms with Gasteiger partial charge in [-0.05, 0) is 37.0 Å². The number of nitrogens with zero attached hydrogens (tertiary/aromatic N) is 5. The summed E-state index contributed by atoms with van der Waals surface area (Å²) in [6, 6.07) is 5.21. The second kappa shape index (κ2) is 9.10. The highest BCUT2D eigenvalue weighted by atomic mass is 32.2. The van der Waals surface area contributed by atoms with Crippen LogP contribution in [0.5, 0.6) is 0 Å². The van der Waals surface area contributed by atoms with E-state index >= 15 is 0 Å². The zero-order chi connectivity index (χ0) is 27.5. The van der Waals surface area contributed by atoms with Crippen LogP contribution >= 0.6 is 0 Å². The molecule has 13 heteroatoms. The van der Waals surface area contributed by atoms with Crippen molar-refractivity contribution in [2.45, 2.75) is 43.4 Å². The third-order valence-electron chi connectivity index (χ3n) is 7.78. The van der Waals surface area contributed by atoms with Crippen LogP contribution in [0.25, 0.3) is 5.82 Å². The van der Waals surface area contributed by atoms with Crippen LogP contribution in [-0.4, -0.2) is 82.7 Å². The number of fused-ring (bicyclic) bond motifs is 2. The molecule has 2 aromatic rings. The Bertz CT molecular complexity index is 1600. The fraction of sp³-hybridized carbons (Fsp3) is 0.423. The van der Waals surface area contributed by atoms with E-state index in [0.717, 1.165) is 24.7 Å². The molecule has 1 fully saturated rings. The lowest BCUT2D eigenvalue weighted by Crippen LogP contribution is -2.55. The molecule has 39 heavy (non-hydrogen) atoms. The average Bonchev–Trinajstić information content (AvgIpc) is 3.39. The number of amides is 2. The summed E-state index contributed by atoms with van der Waals surface area (Å²) >= 11 is 0. The summed E-state index contributed by atoms with van der Waals surface area (Å²) in [6.07, 6.45) is 8.29. The van der Waals surface area contributed by atoms with Gasteiger partial charge in [-0.2, -0.15) is 15.0 Å². The first kappa shape index (κ1) is 25.4. The molecule has 0 aromatic carbocycles. The van der Waals surface area contributed by atoms with E-state index < -0.39 is 39.1 Å². The minimum atomic E-state index is -3.62. The fourth-order valence-electron chi connectivity index (χ4n) is 5.98. The number of halogens is 1. The molecule has 0 bridgehead atoms. The second-order valence-electron chi connectivity index (χ2n) is 10.6. The van der Waals surface area contributed by atoms with E-state index in [-0.39, 0.29) is 23.2 Å². The standard InChI is InChI=1S/C26H26FN7O4S/c1-39(37,38)14-22(35)30-24-23-20(32-34(24)21-5-2-15(10-28)11-29-21)9-26(31-25(23)36)7-6-16-8-18(3-4-19(16)26)33-12-17(27)13-33/h2-5,11,17-18H,6-9,12-14H2,1H3,(H,30,35)(H,31,36)/t18?,26-/m0/s1. The third-order valence-corrected chi connectivity index (χ3v) is 8.56. The van der Waals surface area contributed by atoms with Gasteiger partial charge < -0.3 is 10.6 Å². The Morgan fingerprint density at radius 2 is 2.15 bits per heavy atom. The van der Waals surface area contributed by atoms with Gasteiger partial charge in [0.05, 0.1) is 16.8 Å². The summed E-state index contributed by atoms with van der Waals surface area (Å²) in [5.74, 6) is -1.72. The predicted octanol–water partition coefficient (Wildman–Crippen LogP) is 1.22. The van der Waals surface area contributed by atoms with E-state index in [1.54, 1.807) is 0 Å². The van der Waals surface area contributed by atoms with Crippen molar-refractivity contribution < 1.29 is 22.4 Å². The van der Waals surface area contributed by atoms with Crippen molar-refractivity contribution in [1.82, 2.24) is 25.0 Å². The Hall–Kier alpha value is -3.89. The Labute approximate surface area is 224 Å². The van der Waals surface area contributed by atoms with Gasteiger partial charge in [0.15, 0.2) is 21.5 Å². The fourth-order valence-corrected chi connectivity index (χ4v) is 6.53. The molecule has 1 spiro atoms. The van der Waals surface area contributed by atoms with Crippen LogP contribution in [0.1, 0.15) is 40.9 Å². The number of carbonyl (C=O) groups excluding carboxylic acids is 2. The zero-order valence-electron chi connectivity index (χ0n) is 21.1. The van der Waals surface area contributed by atoms with Gasteiger partial charge in [-0.15, -0.1) is 0 Å². The maximum absolute atomic E-state index is 13.6. The molecule has 4 aliphatic rings. The molecule has 2 atom stereocenters. The molecule has 2 aromatic heterocycles. The van der Waals surface area contributed by atoms with Crippen LogP contribution in [0.4, 0.5) is 10.2 Å². The summed E-state index contributed by atoms with van der Waals surface area (Å²) in [7, 11) is -3.62. The summed E-state index contributed by atoms with van der Waals surface area (Å²) < 4.78 is 38.1. The first-order valence-corrected chi connectivity index (χ1v) is 14.7. The second-order valence-corrected chi connectivity index (χ2v) is 12.8. The first-order chi connectivity index (χ1) is 18.5. The van der Waals surface area contributed by atoms with Crippen molar-refractivity contribution in [3.63, 3.8) is 0 Å². The van der Waals surface area contributed by atoms with Crippen molar-refractivity contribution in [2.24, 2.45) is 0 Å². The molecule has 2 aliphatic heterocycles. The third kappa shape index (κ3) is 4.53. The van der Waals surface area contributed by atoms with Gasteiger partial charge in [0.25, 0.3) is 5.91 Å². The number of sulfone groups is 1. The number of carbonyl (C=O) groups is 2. The Morgan fingerprint density at radius 1 is 1.36 bits per heavy atom. The van der Waals surface area contributed by atoms with Crippen molar-refractivity contribution in [3.8, 4) is 11.9 Å². The largest absolute Gasteiger partial charge is 0.342 e. The monoisotopic (exact) mass is 551 g/mol. The zero-order valence-corrected chi connectivity index (χ0v) is 22.0. The van der Waals surface area contributed by atoms with Crippen LogP contribution in [0.15, 0.2) is 41.6 Å². The van der Waals surface area contributed by atoms with Crippen LogP contribution in [0.3, 0.4) is 0 Å². The highest BCUT2D eigenvalue weighted by Crippen LogP contribution is 2.46. The quantitative estimate of drug-likeness (QED) is 0.563. The predicted molar refractivity (Wildman–Crippen MR) is 139 cm³/mol. The minimum Gasteiger partial charge on any atom is -0.342 e. The SMILES string of the molecule is CS(=O)(=O)CC(=O)Nc1c2c(nn1-c1ccc(C#N)cn1)C[C@]1(CCC3=C1C=CC(N1CC(F)C1)C3)NC2=O. The number of alkyl halides is 1. The molecule has 1 unspecified atom stereocenters. The molecule has 11 nitrogen and oxygen atoms in total. The van der Waals surface area contributed by atoms with Crippen LogP contribution in [0.2, 0.25) is 0 Å². The number of hydrogen-bond donors (Lipinski definition) is 2. The smallest absolute Gasteiger partial charge is 0.257 e. The number of pyridine rings is 1. The van der Waals surface area contributed by atoms with Gasteiger partial charge in [0.1, 0.15) is 23.6 Å². The number of likely N-dealkylation sites (tertiary alicyclic amines) is 1. The van der Waals surface area contributed by atoms with Crippen molar-refractivity contribution in [1.29, 1.82) is 5.26 Å². The van der Waals surface area contributed by atoms with E-state index in [9.17, 15) is 22.4 Å². The van der Waals surface area contributed by atoms with Gasteiger partial charge in [0.2, 0.25) is 5.91 Å². The molecule has 0 saturated carbocycles. The highest BCUT2D eigenvalue weighted by Gasteiger charge is 2.48. The van der Waals surface area contributed by atoms with E-state index in [1.165, 1.54) is 28.6 Å². The Balaban J connectivity index is 1.35. The summed E-state index contributed by atoms with van der Waals surface area (Å²) in [5.41, 5.74) is 2.54. The Kier molecular flexibility index (Phi) is 5.92. The van der Waals surface area contributed by atoms with Gasteiger partial charge in [-0.3, -0.25) is 14.5 Å². The van der Waals surface area contributed by atoms with Crippen molar-refractivity contribution >= 4 is 27.5 Å². The minimum absolute atomic E-state index is 0.0215. The molecule has 202 valence electrons. The van der Waals surface area contributed by atoms with Crippen LogP contribution < -0.4 is 10.6 Å². The highest BCUT2D eigenvalue weighted by molar-refractivity contribution is 7.91. The molecule has 6 rings (SSSR count). The molecule has 2 amide bonds. The molecule has 4 heterocycles. The molecule has 0 radical (unpaired) electrons. The average molecular weight is 552 g/mol. The van der Waals surface area contributed by atoms with Crippen LogP contribution in [0, 0.1) is 11.3 Å². The summed E-state index contributed by atoms with van der Waals surface area (Å²) in [4.78, 5) is 32.6. The van der Waals surface area contributed by atoms with Gasteiger partial charge in [-0.1, -0.05) is 17.7 Å². The van der Waals surface area contributed by atoms with Crippen molar-refractivity contribution in [2.75, 3.05) is 30.4 Å². The van der Waals surface area contributed by atoms with Gasteiger partial charge in [-0.25, -0.2) is 17.8 Å². The van der Waals surface area contributed by atoms with E-state index in [4.69, 9.17) is 5.26 Å². The lowest BCUT2D eigenvalue weighted by molar-refractivity contribution is -0.113. The topological polar surface area (TPSA) is 150 Å². The first-order valence-electron chi connectivity index (χ1n) is 12.6. The van der Waals surface area contributed by atoms with Gasteiger partial charge in [0, 0.05) is 38.0 Å². The number of hydrogen-bond acceptors (Lipinski definition) is 8. The number of nitrogens with one attached hydrogen (secondary N) is 2. The number of aromatic nitrogens is 3. The lowest BCUT2D eigenvalue weighted by atomic mass is 9.80. The summed E-state index contributed by atoms with van der Waals surface area (Å²) in [6.45, 7) is 0.884. The maximum atomic E-state index is 13.6. The molecule has 2 aliphatic carbocycles. The normalized spacial score (nSPS) is 24.6. The van der Waals surface area contributed by atoms with Gasteiger partial charge >= 0.3 is 0 Å². The Morgan fingerprint density at radius 3 is 2.82 bits per heavy atom. The van der Waals surface area contributed by atoms with Crippen LogP contribution in [-0.2, 0) is 21.1 Å². The number of rotatable bonds is 5. The molecule has 1 saturated heterocycles. The number of anilines is 1.